The van der Waals surface area contributed by atoms with Crippen LogP contribution in [0.25, 0.3) is 0 Å². The van der Waals surface area contributed by atoms with Gasteiger partial charge in [0.2, 0.25) is 0 Å². The van der Waals surface area contributed by atoms with Crippen molar-refractivity contribution in [2.75, 3.05) is 6.61 Å². The Balaban J connectivity index is 3.60. The van der Waals surface area contributed by atoms with Crippen LogP contribution in [0.3, 0.4) is 0 Å². The van der Waals surface area contributed by atoms with Crippen molar-refractivity contribution in [3.05, 3.63) is 12.2 Å². The maximum atomic E-state index is 12.2. The molecule has 202 valence electrons. The summed E-state index contributed by atoms with van der Waals surface area (Å²) in [4.78, 5) is 12.2. The molecule has 0 bridgehead atoms. The second-order valence-corrected chi connectivity index (χ2v) is 10.6. The summed E-state index contributed by atoms with van der Waals surface area (Å²) in [6.45, 7) is 7.45. The molecule has 0 aromatic carbocycles. The number of rotatable bonds is 27. The van der Waals surface area contributed by atoms with Gasteiger partial charge in [-0.3, -0.25) is 4.79 Å². The third-order valence-corrected chi connectivity index (χ3v) is 7.05. The molecule has 0 spiro atoms. The minimum atomic E-state index is 0.0297. The SMILES string of the molecule is CCCCCCCC/C=C\CCCCCCCC(=O)OCC(CCCC)CCCCCCCC. The maximum absolute atomic E-state index is 12.2. The smallest absolute Gasteiger partial charge is 0.305 e. The van der Waals surface area contributed by atoms with Gasteiger partial charge in [-0.25, -0.2) is 0 Å². The molecule has 0 saturated heterocycles. The molecule has 0 rings (SSSR count). The Bertz CT molecular complexity index is 429. The average molecular weight is 479 g/mol. The lowest BCUT2D eigenvalue weighted by Gasteiger charge is -2.17. The Hall–Kier alpha value is -0.790. The highest BCUT2D eigenvalue weighted by Gasteiger charge is 2.12. The summed E-state index contributed by atoms with van der Waals surface area (Å²) in [5.41, 5.74) is 0. The normalized spacial score (nSPS) is 12.4. The lowest BCUT2D eigenvalue weighted by atomic mass is 9.96. The van der Waals surface area contributed by atoms with Gasteiger partial charge in [-0.2, -0.15) is 0 Å². The highest BCUT2D eigenvalue weighted by atomic mass is 16.5. The molecule has 0 amide bonds. The topological polar surface area (TPSA) is 26.3 Å². The summed E-state index contributed by atoms with van der Waals surface area (Å²) < 4.78 is 5.67. The number of carbonyl (C=O) groups excluding carboxylic acids is 1. The summed E-state index contributed by atoms with van der Waals surface area (Å²) in [5.74, 6) is 0.603. The van der Waals surface area contributed by atoms with Crippen molar-refractivity contribution >= 4 is 5.97 Å². The van der Waals surface area contributed by atoms with Gasteiger partial charge in [0, 0.05) is 6.42 Å². The van der Waals surface area contributed by atoms with Crippen LogP contribution >= 0.6 is 0 Å². The van der Waals surface area contributed by atoms with Crippen LogP contribution in [0.15, 0.2) is 12.2 Å². The van der Waals surface area contributed by atoms with Crippen molar-refractivity contribution in [3.63, 3.8) is 0 Å². The zero-order valence-corrected chi connectivity index (χ0v) is 23.7. The first-order valence-electron chi connectivity index (χ1n) is 15.5. The van der Waals surface area contributed by atoms with Crippen LogP contribution in [-0.2, 0) is 9.53 Å². The van der Waals surface area contributed by atoms with E-state index >= 15 is 0 Å². The Morgan fingerprint density at radius 2 is 1.00 bits per heavy atom. The number of allylic oxidation sites excluding steroid dienone is 2. The van der Waals surface area contributed by atoms with Crippen LogP contribution in [-0.4, -0.2) is 12.6 Å². The van der Waals surface area contributed by atoms with E-state index in [1.165, 1.54) is 135 Å². The molecule has 0 heterocycles. The Morgan fingerprint density at radius 3 is 1.56 bits per heavy atom. The predicted octanol–water partition coefficient (Wildman–Crippen LogP) is 11.1. The van der Waals surface area contributed by atoms with Crippen molar-refractivity contribution in [2.24, 2.45) is 5.92 Å². The molecule has 0 radical (unpaired) electrons. The van der Waals surface area contributed by atoms with E-state index in [4.69, 9.17) is 4.74 Å². The fourth-order valence-corrected chi connectivity index (χ4v) is 4.64. The highest BCUT2D eigenvalue weighted by molar-refractivity contribution is 5.69. The molecule has 1 atom stereocenters. The minimum absolute atomic E-state index is 0.0297. The van der Waals surface area contributed by atoms with Crippen LogP contribution in [0.1, 0.15) is 175 Å². The molecular weight excluding hydrogens is 416 g/mol. The van der Waals surface area contributed by atoms with E-state index in [1.54, 1.807) is 0 Å². The van der Waals surface area contributed by atoms with Gasteiger partial charge < -0.3 is 4.74 Å². The summed E-state index contributed by atoms with van der Waals surface area (Å²) in [6, 6.07) is 0. The van der Waals surface area contributed by atoms with Crippen LogP contribution < -0.4 is 0 Å². The molecule has 34 heavy (non-hydrogen) atoms. The third kappa shape index (κ3) is 25.8. The van der Waals surface area contributed by atoms with Crippen molar-refractivity contribution in [2.45, 2.75) is 175 Å². The number of hydrogen-bond donors (Lipinski definition) is 0. The molecule has 0 aromatic rings. The first kappa shape index (κ1) is 33.2. The van der Waals surface area contributed by atoms with Crippen LogP contribution in [0.5, 0.6) is 0 Å². The minimum Gasteiger partial charge on any atom is -0.465 e. The number of hydrogen-bond acceptors (Lipinski definition) is 2. The molecule has 0 fully saturated rings. The Kier molecular flexibility index (Phi) is 27.8. The van der Waals surface area contributed by atoms with E-state index in [1.807, 2.05) is 0 Å². The van der Waals surface area contributed by atoms with Crippen molar-refractivity contribution < 1.29 is 9.53 Å². The fraction of sp³-hybridized carbons (Fsp3) is 0.906. The molecule has 0 aliphatic heterocycles. The maximum Gasteiger partial charge on any atom is 0.305 e. The quantitative estimate of drug-likeness (QED) is 0.0666. The van der Waals surface area contributed by atoms with E-state index in [9.17, 15) is 4.79 Å². The van der Waals surface area contributed by atoms with Gasteiger partial charge in [-0.05, 0) is 50.9 Å². The molecule has 0 aromatic heterocycles. The van der Waals surface area contributed by atoms with E-state index < -0.39 is 0 Å². The lowest BCUT2D eigenvalue weighted by molar-refractivity contribution is -0.145. The van der Waals surface area contributed by atoms with E-state index in [0.717, 1.165) is 12.8 Å². The number of ether oxygens (including phenoxy) is 1. The van der Waals surface area contributed by atoms with Crippen molar-refractivity contribution in [1.29, 1.82) is 0 Å². The standard InChI is InChI=1S/C32H62O2/c1-4-7-10-12-14-15-16-17-18-19-20-21-22-24-26-29-32(33)34-30-31(27-9-6-3)28-25-23-13-11-8-5-2/h17-18,31H,4-16,19-30H2,1-3H3/b18-17-. The second-order valence-electron chi connectivity index (χ2n) is 10.6. The van der Waals surface area contributed by atoms with Crippen LogP contribution in [0, 0.1) is 5.92 Å². The predicted molar refractivity (Wildman–Crippen MR) is 151 cm³/mol. The zero-order valence-electron chi connectivity index (χ0n) is 23.7. The van der Waals surface area contributed by atoms with Gasteiger partial charge in [0.1, 0.15) is 0 Å². The molecular formula is C32H62O2. The molecule has 1 unspecified atom stereocenters. The van der Waals surface area contributed by atoms with Crippen molar-refractivity contribution in [1.82, 2.24) is 0 Å². The van der Waals surface area contributed by atoms with Crippen molar-refractivity contribution in [3.8, 4) is 0 Å². The molecule has 2 nitrogen and oxygen atoms in total. The largest absolute Gasteiger partial charge is 0.465 e. The van der Waals surface area contributed by atoms with E-state index in [-0.39, 0.29) is 5.97 Å². The summed E-state index contributed by atoms with van der Waals surface area (Å²) in [7, 11) is 0. The highest BCUT2D eigenvalue weighted by Crippen LogP contribution is 2.19. The molecule has 0 saturated carbocycles. The molecule has 2 heteroatoms. The zero-order chi connectivity index (χ0) is 25.0. The summed E-state index contributed by atoms with van der Waals surface area (Å²) in [6.07, 6.45) is 35.1. The van der Waals surface area contributed by atoms with Crippen LogP contribution in [0.2, 0.25) is 0 Å². The van der Waals surface area contributed by atoms with E-state index in [2.05, 4.69) is 32.9 Å². The van der Waals surface area contributed by atoms with Gasteiger partial charge in [-0.15, -0.1) is 0 Å². The molecule has 0 aliphatic rings. The van der Waals surface area contributed by atoms with Gasteiger partial charge in [0.15, 0.2) is 0 Å². The first-order valence-corrected chi connectivity index (χ1v) is 15.5. The van der Waals surface area contributed by atoms with Gasteiger partial charge in [0.05, 0.1) is 6.61 Å². The Labute approximate surface area is 215 Å². The lowest BCUT2D eigenvalue weighted by Crippen LogP contribution is -2.14. The number of esters is 1. The second kappa shape index (κ2) is 28.4. The number of carbonyl (C=O) groups is 1. The van der Waals surface area contributed by atoms with Crippen LogP contribution in [0.4, 0.5) is 0 Å². The Morgan fingerprint density at radius 1 is 0.559 bits per heavy atom. The van der Waals surface area contributed by atoms with Gasteiger partial charge in [-0.1, -0.05) is 136 Å². The van der Waals surface area contributed by atoms with Gasteiger partial charge >= 0.3 is 5.97 Å². The monoisotopic (exact) mass is 478 g/mol. The summed E-state index contributed by atoms with van der Waals surface area (Å²) in [5, 5.41) is 0. The molecule has 0 aliphatic carbocycles. The third-order valence-electron chi connectivity index (χ3n) is 7.05. The number of unbranched alkanes of at least 4 members (excludes halogenated alkanes) is 17. The summed E-state index contributed by atoms with van der Waals surface area (Å²) >= 11 is 0. The van der Waals surface area contributed by atoms with E-state index in [0.29, 0.717) is 18.9 Å². The fourth-order valence-electron chi connectivity index (χ4n) is 4.64. The molecule has 0 N–H and O–H groups in total. The average Bonchev–Trinajstić information content (AvgIpc) is 2.84. The first-order chi connectivity index (χ1) is 16.7. The van der Waals surface area contributed by atoms with Gasteiger partial charge in [0.25, 0.3) is 0 Å².